The number of unbranched alkanes of at least 4 members (excludes halogenated alkanes) is 3. The molecule has 0 aliphatic carbocycles. The van der Waals surface area contributed by atoms with Crippen molar-refractivity contribution in [2.24, 2.45) is 0 Å². The van der Waals surface area contributed by atoms with Gasteiger partial charge in [0.15, 0.2) is 0 Å². The summed E-state index contributed by atoms with van der Waals surface area (Å²) < 4.78 is 0. The van der Waals surface area contributed by atoms with Gasteiger partial charge in [0.2, 0.25) is 0 Å². The first-order chi connectivity index (χ1) is 7.88. The predicted molar refractivity (Wildman–Crippen MR) is 63.7 cm³/mol. The van der Waals surface area contributed by atoms with Crippen molar-refractivity contribution in [3.63, 3.8) is 0 Å². The summed E-state index contributed by atoms with van der Waals surface area (Å²) in [5.74, 6) is 0. The van der Waals surface area contributed by atoms with E-state index in [0.29, 0.717) is 12.0 Å². The van der Waals surface area contributed by atoms with Gasteiger partial charge in [-0.05, 0) is 25.0 Å². The highest BCUT2D eigenvalue weighted by Crippen LogP contribution is 2.13. The van der Waals surface area contributed by atoms with Gasteiger partial charge >= 0.3 is 0 Å². The molecule has 1 aromatic carbocycles. The molecule has 0 aromatic heterocycles. The lowest BCUT2D eigenvalue weighted by molar-refractivity contribution is 0.712. The topological polar surface area (TPSA) is 59.6 Å². The Morgan fingerprint density at radius 1 is 1.06 bits per heavy atom. The van der Waals surface area contributed by atoms with Crippen molar-refractivity contribution in [3.8, 4) is 12.1 Å². The molecular formula is C13H15N3. The maximum atomic E-state index is 8.87. The molecule has 3 heteroatoms. The van der Waals surface area contributed by atoms with Gasteiger partial charge in [-0.2, -0.15) is 10.5 Å². The second-order valence-corrected chi connectivity index (χ2v) is 3.55. The molecule has 0 atom stereocenters. The summed E-state index contributed by atoms with van der Waals surface area (Å²) in [6, 6.07) is 11.8. The Bertz CT molecular complexity index is 398. The van der Waals surface area contributed by atoms with Gasteiger partial charge in [-0.25, -0.2) is 0 Å². The first kappa shape index (κ1) is 12.1. The van der Waals surface area contributed by atoms with Crippen LogP contribution in [0.15, 0.2) is 24.3 Å². The smallest absolute Gasteiger partial charge is 0.101 e. The van der Waals surface area contributed by atoms with Gasteiger partial charge in [0, 0.05) is 13.0 Å². The molecule has 0 aliphatic heterocycles. The fraction of sp³-hybridized carbons (Fsp3) is 0.385. The monoisotopic (exact) mass is 213 g/mol. The van der Waals surface area contributed by atoms with E-state index in [0.717, 1.165) is 31.5 Å². The minimum absolute atomic E-state index is 0.634. The van der Waals surface area contributed by atoms with Crippen LogP contribution in [-0.4, -0.2) is 6.54 Å². The molecule has 0 bridgehead atoms. The zero-order chi connectivity index (χ0) is 11.6. The molecule has 82 valence electrons. The van der Waals surface area contributed by atoms with E-state index in [1.165, 1.54) is 0 Å². The summed E-state index contributed by atoms with van der Waals surface area (Å²) >= 11 is 0. The van der Waals surface area contributed by atoms with Gasteiger partial charge in [-0.3, -0.25) is 0 Å². The van der Waals surface area contributed by atoms with Gasteiger partial charge in [-0.15, -0.1) is 0 Å². The number of rotatable bonds is 6. The van der Waals surface area contributed by atoms with E-state index in [4.69, 9.17) is 10.5 Å². The number of nitrogens with zero attached hydrogens (tertiary/aromatic N) is 2. The van der Waals surface area contributed by atoms with Crippen molar-refractivity contribution >= 4 is 5.69 Å². The van der Waals surface area contributed by atoms with Crippen LogP contribution >= 0.6 is 0 Å². The molecule has 16 heavy (non-hydrogen) atoms. The third-order valence-electron chi connectivity index (χ3n) is 2.33. The number of anilines is 1. The molecule has 0 heterocycles. The third-order valence-corrected chi connectivity index (χ3v) is 2.33. The number of nitriles is 2. The summed E-state index contributed by atoms with van der Waals surface area (Å²) in [4.78, 5) is 0. The number of hydrogen-bond donors (Lipinski definition) is 1. The Hall–Kier alpha value is -2.00. The molecule has 1 N–H and O–H groups in total. The number of para-hydroxylation sites is 1. The summed E-state index contributed by atoms with van der Waals surface area (Å²) in [7, 11) is 0. The SMILES string of the molecule is N#CCCCCCNc1ccccc1C#N. The second-order valence-electron chi connectivity index (χ2n) is 3.55. The van der Waals surface area contributed by atoms with Crippen molar-refractivity contribution < 1.29 is 0 Å². The Kier molecular flexibility index (Phi) is 5.52. The summed E-state index contributed by atoms with van der Waals surface area (Å²) in [5.41, 5.74) is 1.57. The maximum absolute atomic E-state index is 8.87. The van der Waals surface area contributed by atoms with Crippen LogP contribution in [0.25, 0.3) is 0 Å². The van der Waals surface area contributed by atoms with Gasteiger partial charge in [0.1, 0.15) is 6.07 Å². The van der Waals surface area contributed by atoms with Crippen LogP contribution in [0.2, 0.25) is 0 Å². The normalized spacial score (nSPS) is 9.12. The Morgan fingerprint density at radius 3 is 2.62 bits per heavy atom. The average Bonchev–Trinajstić information content (AvgIpc) is 2.34. The number of benzene rings is 1. The molecule has 0 radical (unpaired) electrons. The molecule has 0 saturated heterocycles. The predicted octanol–water partition coefficient (Wildman–Crippen LogP) is 3.05. The van der Waals surface area contributed by atoms with E-state index in [1.54, 1.807) is 6.07 Å². The molecule has 0 saturated carbocycles. The van der Waals surface area contributed by atoms with Crippen LogP contribution in [0.1, 0.15) is 31.2 Å². The van der Waals surface area contributed by atoms with Crippen molar-refractivity contribution in [2.75, 3.05) is 11.9 Å². The first-order valence-corrected chi connectivity index (χ1v) is 5.48. The number of nitrogens with one attached hydrogen (secondary N) is 1. The average molecular weight is 213 g/mol. The van der Waals surface area contributed by atoms with Crippen LogP contribution in [0, 0.1) is 22.7 Å². The van der Waals surface area contributed by atoms with Crippen molar-refractivity contribution in [2.45, 2.75) is 25.7 Å². The van der Waals surface area contributed by atoms with E-state index in [-0.39, 0.29) is 0 Å². The Labute approximate surface area is 96.3 Å². The largest absolute Gasteiger partial charge is 0.384 e. The molecular weight excluding hydrogens is 198 g/mol. The Morgan fingerprint density at radius 2 is 1.88 bits per heavy atom. The highest BCUT2D eigenvalue weighted by atomic mass is 14.9. The van der Waals surface area contributed by atoms with E-state index < -0.39 is 0 Å². The molecule has 0 fully saturated rings. The fourth-order valence-corrected chi connectivity index (χ4v) is 1.46. The van der Waals surface area contributed by atoms with Gasteiger partial charge < -0.3 is 5.32 Å². The summed E-state index contributed by atoms with van der Waals surface area (Å²) in [5, 5.41) is 20.5. The van der Waals surface area contributed by atoms with Crippen molar-refractivity contribution in [1.82, 2.24) is 0 Å². The highest BCUT2D eigenvalue weighted by molar-refractivity contribution is 5.56. The zero-order valence-corrected chi connectivity index (χ0v) is 9.24. The minimum atomic E-state index is 0.634. The number of hydrogen-bond acceptors (Lipinski definition) is 3. The molecule has 1 rings (SSSR count). The maximum Gasteiger partial charge on any atom is 0.101 e. The van der Waals surface area contributed by atoms with Crippen LogP contribution in [-0.2, 0) is 0 Å². The van der Waals surface area contributed by atoms with E-state index in [2.05, 4.69) is 17.5 Å². The summed E-state index contributed by atoms with van der Waals surface area (Å²) in [6.07, 6.45) is 3.67. The van der Waals surface area contributed by atoms with Crippen LogP contribution in [0.3, 0.4) is 0 Å². The van der Waals surface area contributed by atoms with Crippen molar-refractivity contribution in [3.05, 3.63) is 29.8 Å². The van der Waals surface area contributed by atoms with Gasteiger partial charge in [0.25, 0.3) is 0 Å². The third kappa shape index (κ3) is 4.02. The molecule has 1 aromatic rings. The molecule has 0 spiro atoms. The van der Waals surface area contributed by atoms with E-state index >= 15 is 0 Å². The highest BCUT2D eigenvalue weighted by Gasteiger charge is 1.98. The Balaban J connectivity index is 2.27. The molecule has 0 amide bonds. The van der Waals surface area contributed by atoms with Crippen LogP contribution in [0.5, 0.6) is 0 Å². The molecule has 0 aliphatic rings. The standard InChI is InChI=1S/C13H15N3/c14-9-5-1-2-6-10-16-13-8-4-3-7-12(13)11-15/h3-4,7-8,16H,1-2,5-6,10H2. The van der Waals surface area contributed by atoms with Crippen LogP contribution < -0.4 is 5.32 Å². The van der Waals surface area contributed by atoms with E-state index in [9.17, 15) is 0 Å². The van der Waals surface area contributed by atoms with Gasteiger partial charge in [0.05, 0.1) is 17.3 Å². The van der Waals surface area contributed by atoms with Gasteiger partial charge in [-0.1, -0.05) is 18.6 Å². The molecule has 0 unspecified atom stereocenters. The summed E-state index contributed by atoms with van der Waals surface area (Å²) in [6.45, 7) is 0.851. The molecule has 3 nitrogen and oxygen atoms in total. The van der Waals surface area contributed by atoms with Crippen molar-refractivity contribution in [1.29, 1.82) is 10.5 Å². The quantitative estimate of drug-likeness (QED) is 0.739. The lowest BCUT2D eigenvalue weighted by Crippen LogP contribution is -2.02. The van der Waals surface area contributed by atoms with E-state index in [1.807, 2.05) is 18.2 Å². The fourth-order valence-electron chi connectivity index (χ4n) is 1.46. The minimum Gasteiger partial charge on any atom is -0.384 e. The van der Waals surface area contributed by atoms with Crippen LogP contribution in [0.4, 0.5) is 5.69 Å². The lowest BCUT2D eigenvalue weighted by atomic mass is 10.1. The first-order valence-electron chi connectivity index (χ1n) is 5.48. The second kappa shape index (κ2) is 7.31. The lowest BCUT2D eigenvalue weighted by Gasteiger charge is -2.07. The zero-order valence-electron chi connectivity index (χ0n) is 9.24.